The maximum Gasteiger partial charge on any atom is 0.227 e. The molecule has 3 unspecified atom stereocenters. The summed E-state index contributed by atoms with van der Waals surface area (Å²) in [6, 6.07) is 2.51. The number of ether oxygens (including phenoxy) is 1. The number of amides is 1. The van der Waals surface area contributed by atoms with Crippen LogP contribution in [0.3, 0.4) is 0 Å². The lowest BCUT2D eigenvalue weighted by Crippen LogP contribution is -2.53. The lowest BCUT2D eigenvalue weighted by Gasteiger charge is -2.46. The lowest BCUT2D eigenvalue weighted by atomic mass is 9.83. The summed E-state index contributed by atoms with van der Waals surface area (Å²) < 4.78 is 5.30. The Labute approximate surface area is 187 Å². The molecule has 3 fully saturated rings. The van der Waals surface area contributed by atoms with E-state index in [2.05, 4.69) is 24.7 Å². The van der Waals surface area contributed by atoms with Crippen molar-refractivity contribution >= 4 is 11.9 Å². The minimum Gasteiger partial charge on any atom is -0.385 e. The molecule has 0 saturated carbocycles. The smallest absolute Gasteiger partial charge is 0.227 e. The molecule has 0 spiro atoms. The first-order valence-electron chi connectivity index (χ1n) is 12.3. The van der Waals surface area contributed by atoms with Crippen LogP contribution in [0.5, 0.6) is 0 Å². The van der Waals surface area contributed by atoms with Crippen LogP contribution in [-0.2, 0) is 9.53 Å². The number of hydrogen-bond donors (Lipinski definition) is 0. The van der Waals surface area contributed by atoms with Gasteiger partial charge in [0, 0.05) is 58.3 Å². The highest BCUT2D eigenvalue weighted by Crippen LogP contribution is 2.32. The summed E-state index contributed by atoms with van der Waals surface area (Å²) in [6.07, 6.45) is 12.9. The van der Waals surface area contributed by atoms with E-state index in [9.17, 15) is 4.79 Å². The van der Waals surface area contributed by atoms with Crippen molar-refractivity contribution in [3.05, 3.63) is 18.5 Å². The molecular formula is C24H39N5O2. The number of aromatic nitrogens is 2. The van der Waals surface area contributed by atoms with E-state index in [1.807, 2.05) is 6.07 Å². The molecule has 0 bridgehead atoms. The van der Waals surface area contributed by atoms with Gasteiger partial charge < -0.3 is 19.4 Å². The van der Waals surface area contributed by atoms with E-state index < -0.39 is 0 Å². The van der Waals surface area contributed by atoms with Crippen molar-refractivity contribution in [1.82, 2.24) is 19.8 Å². The van der Waals surface area contributed by atoms with Crippen molar-refractivity contribution in [1.29, 1.82) is 0 Å². The number of piperidine rings is 3. The molecule has 0 aromatic carbocycles. The van der Waals surface area contributed by atoms with Crippen LogP contribution in [-0.4, -0.2) is 84.7 Å². The van der Waals surface area contributed by atoms with Crippen LogP contribution in [0.2, 0.25) is 0 Å². The Morgan fingerprint density at radius 3 is 2.74 bits per heavy atom. The van der Waals surface area contributed by atoms with Crippen LogP contribution >= 0.6 is 0 Å². The molecule has 172 valence electrons. The summed E-state index contributed by atoms with van der Waals surface area (Å²) in [5.74, 6) is 1.71. The van der Waals surface area contributed by atoms with Crippen LogP contribution in [0.25, 0.3) is 0 Å². The van der Waals surface area contributed by atoms with E-state index in [4.69, 9.17) is 4.74 Å². The predicted octanol–water partition coefficient (Wildman–Crippen LogP) is 2.82. The molecule has 1 aromatic rings. The zero-order chi connectivity index (χ0) is 21.5. The molecule has 1 aromatic heterocycles. The third-order valence-corrected chi connectivity index (χ3v) is 7.38. The zero-order valence-electron chi connectivity index (χ0n) is 19.1. The number of hydrogen-bond acceptors (Lipinski definition) is 6. The predicted molar refractivity (Wildman–Crippen MR) is 122 cm³/mol. The van der Waals surface area contributed by atoms with Gasteiger partial charge in [0.2, 0.25) is 11.9 Å². The third kappa shape index (κ3) is 5.75. The van der Waals surface area contributed by atoms with Crippen LogP contribution < -0.4 is 4.90 Å². The molecule has 0 N–H and O–H groups in total. The van der Waals surface area contributed by atoms with Gasteiger partial charge in [-0.1, -0.05) is 6.42 Å². The van der Waals surface area contributed by atoms with Gasteiger partial charge >= 0.3 is 0 Å². The Morgan fingerprint density at radius 2 is 1.90 bits per heavy atom. The van der Waals surface area contributed by atoms with Gasteiger partial charge in [-0.3, -0.25) is 4.79 Å². The van der Waals surface area contributed by atoms with Crippen molar-refractivity contribution in [3.8, 4) is 0 Å². The van der Waals surface area contributed by atoms with E-state index in [-0.39, 0.29) is 5.92 Å². The maximum absolute atomic E-state index is 13.7. The molecule has 3 atom stereocenters. The van der Waals surface area contributed by atoms with Crippen molar-refractivity contribution in [3.63, 3.8) is 0 Å². The second kappa shape index (κ2) is 11.2. The van der Waals surface area contributed by atoms with Crippen LogP contribution in [0.1, 0.15) is 51.4 Å². The number of carbonyl (C=O) groups is 1. The third-order valence-electron chi connectivity index (χ3n) is 7.38. The number of anilines is 1. The molecular weight excluding hydrogens is 390 g/mol. The van der Waals surface area contributed by atoms with Crippen molar-refractivity contribution < 1.29 is 9.53 Å². The standard InChI is InChI=1S/C24H39N5O2/c1-31-17-7-16-28(18-20-8-4-14-27-13-3-2-10-22(20)27)23(30)21-9-5-15-29(19-21)24-25-11-6-12-26-24/h6,11-12,20-22H,2-5,7-10,13-19H2,1H3. The van der Waals surface area contributed by atoms with Crippen molar-refractivity contribution in [2.75, 3.05) is 57.9 Å². The first kappa shape index (κ1) is 22.5. The van der Waals surface area contributed by atoms with Gasteiger partial charge in [0.1, 0.15) is 0 Å². The van der Waals surface area contributed by atoms with E-state index >= 15 is 0 Å². The molecule has 3 aliphatic heterocycles. The van der Waals surface area contributed by atoms with Gasteiger partial charge in [-0.25, -0.2) is 9.97 Å². The summed E-state index contributed by atoms with van der Waals surface area (Å²) >= 11 is 0. The van der Waals surface area contributed by atoms with Crippen LogP contribution in [0, 0.1) is 11.8 Å². The topological polar surface area (TPSA) is 61.8 Å². The molecule has 7 nitrogen and oxygen atoms in total. The van der Waals surface area contributed by atoms with Gasteiger partial charge in [-0.2, -0.15) is 0 Å². The summed E-state index contributed by atoms with van der Waals surface area (Å²) in [4.78, 5) is 29.6. The first-order chi connectivity index (χ1) is 15.3. The molecule has 4 heterocycles. The fourth-order valence-electron chi connectivity index (χ4n) is 5.84. The van der Waals surface area contributed by atoms with Gasteiger partial charge in [0.05, 0.1) is 5.92 Å². The lowest BCUT2D eigenvalue weighted by molar-refractivity contribution is -0.137. The van der Waals surface area contributed by atoms with E-state index in [0.717, 1.165) is 51.4 Å². The highest BCUT2D eigenvalue weighted by atomic mass is 16.5. The maximum atomic E-state index is 13.7. The summed E-state index contributed by atoms with van der Waals surface area (Å²) in [6.45, 7) is 6.55. The molecule has 31 heavy (non-hydrogen) atoms. The average Bonchev–Trinajstić information content (AvgIpc) is 2.84. The van der Waals surface area contributed by atoms with Crippen molar-refractivity contribution in [2.24, 2.45) is 11.8 Å². The van der Waals surface area contributed by atoms with Gasteiger partial charge in [0.25, 0.3) is 0 Å². The molecule has 0 aliphatic carbocycles. The van der Waals surface area contributed by atoms with Gasteiger partial charge in [-0.05, 0) is 70.0 Å². The summed E-state index contributed by atoms with van der Waals surface area (Å²) in [5, 5.41) is 0. The number of carbonyl (C=O) groups excluding carboxylic acids is 1. The minimum absolute atomic E-state index is 0.0335. The first-order valence-corrected chi connectivity index (χ1v) is 12.3. The average molecular weight is 430 g/mol. The Bertz CT molecular complexity index is 686. The molecule has 0 radical (unpaired) electrons. The Hall–Kier alpha value is -1.73. The quantitative estimate of drug-likeness (QED) is 0.592. The second-order valence-electron chi connectivity index (χ2n) is 9.47. The van der Waals surface area contributed by atoms with E-state index in [0.29, 0.717) is 24.5 Å². The zero-order valence-corrected chi connectivity index (χ0v) is 19.1. The highest BCUT2D eigenvalue weighted by Gasteiger charge is 2.36. The number of rotatable bonds is 8. The Kier molecular flexibility index (Phi) is 8.14. The van der Waals surface area contributed by atoms with Crippen LogP contribution in [0.4, 0.5) is 5.95 Å². The summed E-state index contributed by atoms with van der Waals surface area (Å²) in [5.41, 5.74) is 0. The largest absolute Gasteiger partial charge is 0.385 e. The Balaban J connectivity index is 1.42. The number of fused-ring (bicyclic) bond motifs is 1. The van der Waals surface area contributed by atoms with E-state index in [1.165, 1.54) is 45.2 Å². The fourth-order valence-corrected chi connectivity index (χ4v) is 5.84. The molecule has 3 saturated heterocycles. The Morgan fingerprint density at radius 1 is 1.10 bits per heavy atom. The van der Waals surface area contributed by atoms with E-state index in [1.54, 1.807) is 19.5 Å². The highest BCUT2D eigenvalue weighted by molar-refractivity contribution is 5.79. The normalized spacial score (nSPS) is 27.0. The molecule has 7 heteroatoms. The number of nitrogens with zero attached hydrogens (tertiary/aromatic N) is 5. The van der Waals surface area contributed by atoms with Crippen molar-refractivity contribution in [2.45, 2.75) is 57.4 Å². The van der Waals surface area contributed by atoms with Gasteiger partial charge in [0.15, 0.2) is 0 Å². The molecule has 3 aliphatic rings. The minimum atomic E-state index is 0.0335. The monoisotopic (exact) mass is 429 g/mol. The number of methoxy groups -OCH3 is 1. The van der Waals surface area contributed by atoms with Gasteiger partial charge in [-0.15, -0.1) is 0 Å². The second-order valence-corrected chi connectivity index (χ2v) is 9.47. The molecule has 1 amide bonds. The summed E-state index contributed by atoms with van der Waals surface area (Å²) in [7, 11) is 1.74. The SMILES string of the molecule is COCCCN(CC1CCCN2CCCCC12)C(=O)C1CCCN(c2ncccn2)C1. The fraction of sp³-hybridized carbons (Fsp3) is 0.792. The molecule has 4 rings (SSSR count). The van der Waals surface area contributed by atoms with Crippen LogP contribution in [0.15, 0.2) is 18.5 Å².